The minimum atomic E-state index is -3.39. The number of carbonyl (C=O) groups is 1. The van der Waals surface area contributed by atoms with E-state index in [1.165, 1.54) is 11.3 Å². The van der Waals surface area contributed by atoms with Crippen molar-refractivity contribution in [2.24, 2.45) is 0 Å². The van der Waals surface area contributed by atoms with E-state index in [9.17, 15) is 13.2 Å². The van der Waals surface area contributed by atoms with Crippen molar-refractivity contribution in [1.82, 2.24) is 10.0 Å². The molecule has 1 amide bonds. The van der Waals surface area contributed by atoms with Crippen LogP contribution < -0.4 is 10.0 Å². The molecular weight excluding hydrogens is 320 g/mol. The first kappa shape index (κ1) is 16.7. The van der Waals surface area contributed by atoms with Crippen LogP contribution in [0.15, 0.2) is 42.5 Å². The highest BCUT2D eigenvalue weighted by atomic mass is 32.2. The first-order chi connectivity index (χ1) is 10.5. The number of sulfonamides is 1. The van der Waals surface area contributed by atoms with Gasteiger partial charge in [0.1, 0.15) is 0 Å². The summed E-state index contributed by atoms with van der Waals surface area (Å²) in [6.07, 6.45) is 0. The number of thiophene rings is 1. The highest BCUT2D eigenvalue weighted by molar-refractivity contribution is 7.88. The molecule has 118 valence electrons. The Morgan fingerprint density at radius 2 is 1.82 bits per heavy atom. The third-order valence-electron chi connectivity index (χ3n) is 2.90. The molecular formula is C15H18N2O3S2. The van der Waals surface area contributed by atoms with E-state index in [-0.39, 0.29) is 24.7 Å². The average molecular weight is 338 g/mol. The summed E-state index contributed by atoms with van der Waals surface area (Å²) in [7, 11) is -3.39. The van der Waals surface area contributed by atoms with Crippen LogP contribution in [-0.4, -0.2) is 27.4 Å². The minimum Gasteiger partial charge on any atom is -0.350 e. The van der Waals surface area contributed by atoms with E-state index < -0.39 is 10.0 Å². The van der Waals surface area contributed by atoms with Gasteiger partial charge in [-0.1, -0.05) is 30.3 Å². The van der Waals surface area contributed by atoms with Crippen molar-refractivity contribution in [3.05, 3.63) is 57.8 Å². The second-order valence-corrected chi connectivity index (χ2v) is 7.90. The van der Waals surface area contributed by atoms with Gasteiger partial charge >= 0.3 is 0 Å². The molecule has 0 unspecified atom stereocenters. The minimum absolute atomic E-state index is 0.0636. The molecule has 7 heteroatoms. The van der Waals surface area contributed by atoms with Crippen molar-refractivity contribution in [2.75, 3.05) is 13.1 Å². The smallest absolute Gasteiger partial charge is 0.261 e. The Hall–Kier alpha value is -1.70. The molecule has 0 bridgehead atoms. The molecule has 0 saturated heterocycles. The number of benzene rings is 1. The molecule has 0 fully saturated rings. The Labute approximate surface area is 134 Å². The third kappa shape index (κ3) is 5.25. The maximum Gasteiger partial charge on any atom is 0.261 e. The van der Waals surface area contributed by atoms with Crippen molar-refractivity contribution in [3.8, 4) is 0 Å². The van der Waals surface area contributed by atoms with Crippen LogP contribution in [0, 0.1) is 6.92 Å². The van der Waals surface area contributed by atoms with Crippen LogP contribution in [0.5, 0.6) is 0 Å². The van der Waals surface area contributed by atoms with E-state index in [0.717, 1.165) is 10.4 Å². The van der Waals surface area contributed by atoms with Gasteiger partial charge in [-0.05, 0) is 24.6 Å². The molecule has 0 radical (unpaired) electrons. The Balaban J connectivity index is 1.75. The topological polar surface area (TPSA) is 75.3 Å². The summed E-state index contributed by atoms with van der Waals surface area (Å²) >= 11 is 1.41. The van der Waals surface area contributed by atoms with Crippen molar-refractivity contribution in [2.45, 2.75) is 12.7 Å². The summed E-state index contributed by atoms with van der Waals surface area (Å²) in [5.74, 6) is -0.244. The molecule has 1 aromatic carbocycles. The molecule has 0 aliphatic heterocycles. The number of rotatable bonds is 7. The van der Waals surface area contributed by atoms with Gasteiger partial charge in [-0.2, -0.15) is 0 Å². The maximum absolute atomic E-state index is 11.9. The first-order valence-corrected chi connectivity index (χ1v) is 9.29. The van der Waals surface area contributed by atoms with Gasteiger partial charge in [-0.15, -0.1) is 11.3 Å². The number of aryl methyl sites for hydroxylation is 1. The molecule has 1 aromatic heterocycles. The lowest BCUT2D eigenvalue weighted by atomic mass is 10.2. The lowest BCUT2D eigenvalue weighted by molar-refractivity contribution is 0.0958. The number of hydrogen-bond acceptors (Lipinski definition) is 4. The standard InChI is InChI=1S/C15H18N2O3S2/c1-12-7-8-14(21-12)15(18)16-9-10-17-22(19,20)11-13-5-3-2-4-6-13/h2-8,17H,9-11H2,1H3,(H,16,18). The summed E-state index contributed by atoms with van der Waals surface area (Å²) in [6.45, 7) is 2.36. The summed E-state index contributed by atoms with van der Waals surface area (Å²) < 4.78 is 26.3. The van der Waals surface area contributed by atoms with Crippen molar-refractivity contribution in [1.29, 1.82) is 0 Å². The zero-order valence-electron chi connectivity index (χ0n) is 12.2. The van der Waals surface area contributed by atoms with Gasteiger partial charge < -0.3 is 5.32 Å². The predicted molar refractivity (Wildman–Crippen MR) is 88.5 cm³/mol. The zero-order valence-corrected chi connectivity index (χ0v) is 13.8. The Morgan fingerprint density at radius 3 is 2.45 bits per heavy atom. The van der Waals surface area contributed by atoms with Crippen LogP contribution in [0.2, 0.25) is 0 Å². The fraction of sp³-hybridized carbons (Fsp3) is 0.267. The fourth-order valence-electron chi connectivity index (χ4n) is 1.87. The van der Waals surface area contributed by atoms with Gasteiger partial charge in [0.05, 0.1) is 10.6 Å². The van der Waals surface area contributed by atoms with E-state index in [2.05, 4.69) is 10.0 Å². The van der Waals surface area contributed by atoms with E-state index >= 15 is 0 Å². The predicted octanol–water partition coefficient (Wildman–Crippen LogP) is 1.91. The molecule has 0 spiro atoms. The second-order valence-electron chi connectivity index (χ2n) is 4.81. The van der Waals surface area contributed by atoms with Gasteiger partial charge in [0.15, 0.2) is 0 Å². The fourth-order valence-corrected chi connectivity index (χ4v) is 3.80. The summed E-state index contributed by atoms with van der Waals surface area (Å²) in [6, 6.07) is 12.6. The Bertz CT molecular complexity index is 724. The highest BCUT2D eigenvalue weighted by Gasteiger charge is 2.11. The summed E-state index contributed by atoms with van der Waals surface area (Å²) in [5, 5.41) is 2.69. The number of amides is 1. The number of carbonyl (C=O) groups excluding carboxylic acids is 1. The van der Waals surface area contributed by atoms with Crippen molar-refractivity contribution < 1.29 is 13.2 Å². The molecule has 2 N–H and O–H groups in total. The quantitative estimate of drug-likeness (QED) is 0.757. The molecule has 22 heavy (non-hydrogen) atoms. The normalized spacial score (nSPS) is 11.3. The first-order valence-electron chi connectivity index (χ1n) is 6.82. The van der Waals surface area contributed by atoms with Crippen LogP contribution in [-0.2, 0) is 15.8 Å². The molecule has 0 saturated carbocycles. The lowest BCUT2D eigenvalue weighted by Crippen LogP contribution is -2.35. The SMILES string of the molecule is Cc1ccc(C(=O)NCCNS(=O)(=O)Cc2ccccc2)s1. The van der Waals surface area contributed by atoms with Gasteiger partial charge in [-0.3, -0.25) is 4.79 Å². The van der Waals surface area contributed by atoms with Gasteiger partial charge in [-0.25, -0.2) is 13.1 Å². The monoisotopic (exact) mass is 338 g/mol. The molecule has 2 aromatic rings. The largest absolute Gasteiger partial charge is 0.350 e. The Kier molecular flexibility index (Phi) is 5.70. The van der Waals surface area contributed by atoms with E-state index in [1.807, 2.05) is 19.1 Å². The van der Waals surface area contributed by atoms with E-state index in [0.29, 0.717) is 4.88 Å². The molecule has 0 aliphatic carbocycles. The highest BCUT2D eigenvalue weighted by Crippen LogP contribution is 2.14. The molecule has 2 rings (SSSR count). The average Bonchev–Trinajstić information content (AvgIpc) is 2.91. The number of nitrogens with one attached hydrogen (secondary N) is 2. The summed E-state index contributed by atoms with van der Waals surface area (Å²) in [5.41, 5.74) is 0.730. The summed E-state index contributed by atoms with van der Waals surface area (Å²) in [4.78, 5) is 13.5. The van der Waals surface area contributed by atoms with Gasteiger partial charge in [0.25, 0.3) is 5.91 Å². The van der Waals surface area contributed by atoms with Gasteiger partial charge in [0.2, 0.25) is 10.0 Å². The van der Waals surface area contributed by atoms with Crippen molar-refractivity contribution >= 4 is 27.3 Å². The third-order valence-corrected chi connectivity index (χ3v) is 5.25. The van der Waals surface area contributed by atoms with Crippen molar-refractivity contribution in [3.63, 3.8) is 0 Å². The molecule has 0 aliphatic rings. The molecule has 0 atom stereocenters. The van der Waals surface area contributed by atoms with Crippen LogP contribution in [0.25, 0.3) is 0 Å². The van der Waals surface area contributed by atoms with Crippen LogP contribution in [0.1, 0.15) is 20.1 Å². The van der Waals surface area contributed by atoms with Crippen LogP contribution >= 0.6 is 11.3 Å². The van der Waals surface area contributed by atoms with Crippen LogP contribution in [0.3, 0.4) is 0 Å². The lowest BCUT2D eigenvalue weighted by Gasteiger charge is -2.07. The van der Waals surface area contributed by atoms with Gasteiger partial charge in [0, 0.05) is 18.0 Å². The van der Waals surface area contributed by atoms with Crippen LogP contribution in [0.4, 0.5) is 0 Å². The molecule has 5 nitrogen and oxygen atoms in total. The zero-order chi connectivity index (χ0) is 16.0. The maximum atomic E-state index is 11.9. The van der Waals surface area contributed by atoms with E-state index in [4.69, 9.17) is 0 Å². The van der Waals surface area contributed by atoms with E-state index in [1.54, 1.807) is 30.3 Å². The second kappa shape index (κ2) is 7.53. The Morgan fingerprint density at radius 1 is 1.09 bits per heavy atom. The number of hydrogen-bond donors (Lipinski definition) is 2. The molecule has 1 heterocycles.